The van der Waals surface area contributed by atoms with Crippen molar-refractivity contribution in [2.24, 2.45) is 17.3 Å². The third-order valence-electron chi connectivity index (χ3n) is 5.22. The SMILES string of the molecule is CCC(C)(C)C1CCC(C#N)C(S(=O)c2ccccc2)C1. The molecule has 4 unspecified atom stereocenters. The molecule has 0 spiro atoms. The number of nitriles is 1. The first-order valence-electron chi connectivity index (χ1n) is 7.85. The smallest absolute Gasteiger partial charge is 0.0668 e. The topological polar surface area (TPSA) is 40.9 Å². The summed E-state index contributed by atoms with van der Waals surface area (Å²) in [4.78, 5) is 0.859. The zero-order valence-corrected chi connectivity index (χ0v) is 14.0. The first kappa shape index (κ1) is 16.2. The van der Waals surface area contributed by atoms with Gasteiger partial charge in [-0.15, -0.1) is 0 Å². The molecular formula is C18H25NOS. The molecule has 4 atom stereocenters. The van der Waals surface area contributed by atoms with Crippen LogP contribution in [-0.2, 0) is 10.8 Å². The molecular weight excluding hydrogens is 278 g/mol. The van der Waals surface area contributed by atoms with E-state index in [1.165, 1.54) is 0 Å². The Bertz CT molecular complexity index is 532. The average Bonchev–Trinajstić information content (AvgIpc) is 2.54. The Morgan fingerprint density at radius 3 is 2.52 bits per heavy atom. The summed E-state index contributed by atoms with van der Waals surface area (Å²) in [6.45, 7) is 6.82. The predicted molar refractivity (Wildman–Crippen MR) is 87.2 cm³/mol. The quantitative estimate of drug-likeness (QED) is 0.819. The normalized spacial score (nSPS) is 27.8. The Morgan fingerprint density at radius 2 is 1.95 bits per heavy atom. The Kier molecular flexibility index (Phi) is 5.22. The zero-order chi connectivity index (χ0) is 15.5. The van der Waals surface area contributed by atoms with E-state index < -0.39 is 10.8 Å². The van der Waals surface area contributed by atoms with Crippen molar-refractivity contribution in [3.8, 4) is 6.07 Å². The highest BCUT2D eigenvalue weighted by Gasteiger charge is 2.40. The lowest BCUT2D eigenvalue weighted by Crippen LogP contribution is -2.37. The van der Waals surface area contributed by atoms with E-state index in [1.54, 1.807) is 0 Å². The molecule has 0 heterocycles. The maximum Gasteiger partial charge on any atom is 0.0668 e. The fourth-order valence-electron chi connectivity index (χ4n) is 3.24. The molecule has 2 nitrogen and oxygen atoms in total. The first-order valence-corrected chi connectivity index (χ1v) is 9.06. The van der Waals surface area contributed by atoms with Gasteiger partial charge in [0.15, 0.2) is 0 Å². The van der Waals surface area contributed by atoms with E-state index in [1.807, 2.05) is 30.3 Å². The van der Waals surface area contributed by atoms with E-state index in [0.717, 1.165) is 30.6 Å². The number of hydrogen-bond acceptors (Lipinski definition) is 2. The molecule has 1 aliphatic carbocycles. The zero-order valence-electron chi connectivity index (χ0n) is 13.2. The summed E-state index contributed by atoms with van der Waals surface area (Å²) in [5, 5.41) is 9.39. The molecule has 0 amide bonds. The summed E-state index contributed by atoms with van der Waals surface area (Å²) in [5.41, 5.74) is 0.263. The van der Waals surface area contributed by atoms with E-state index in [4.69, 9.17) is 0 Å². The lowest BCUT2D eigenvalue weighted by molar-refractivity contribution is 0.143. The van der Waals surface area contributed by atoms with E-state index in [9.17, 15) is 9.47 Å². The summed E-state index contributed by atoms with van der Waals surface area (Å²) < 4.78 is 12.9. The second-order valence-electron chi connectivity index (χ2n) is 6.74. The highest BCUT2D eigenvalue weighted by molar-refractivity contribution is 7.85. The molecule has 0 aliphatic heterocycles. The average molecular weight is 303 g/mol. The van der Waals surface area contributed by atoms with Crippen LogP contribution in [0.1, 0.15) is 46.5 Å². The Balaban J connectivity index is 2.22. The molecule has 1 aromatic rings. The van der Waals surface area contributed by atoms with Crippen molar-refractivity contribution in [1.29, 1.82) is 5.26 Å². The van der Waals surface area contributed by atoms with Gasteiger partial charge in [0, 0.05) is 4.90 Å². The van der Waals surface area contributed by atoms with Crippen molar-refractivity contribution in [3.05, 3.63) is 30.3 Å². The van der Waals surface area contributed by atoms with Crippen molar-refractivity contribution in [3.63, 3.8) is 0 Å². The summed E-state index contributed by atoms with van der Waals surface area (Å²) in [6.07, 6.45) is 4.00. The molecule has 3 heteroatoms. The second kappa shape index (κ2) is 6.75. The van der Waals surface area contributed by atoms with Crippen LogP contribution in [0.25, 0.3) is 0 Å². The molecule has 0 radical (unpaired) electrons. The van der Waals surface area contributed by atoms with Crippen LogP contribution in [0.4, 0.5) is 0 Å². The van der Waals surface area contributed by atoms with E-state index in [-0.39, 0.29) is 16.6 Å². The van der Waals surface area contributed by atoms with Crippen LogP contribution in [0.5, 0.6) is 0 Å². The van der Waals surface area contributed by atoms with Crippen LogP contribution in [0.15, 0.2) is 35.2 Å². The maximum atomic E-state index is 12.9. The van der Waals surface area contributed by atoms with Crippen LogP contribution in [0, 0.1) is 28.6 Å². The molecule has 1 fully saturated rings. The molecule has 0 bridgehead atoms. The van der Waals surface area contributed by atoms with Gasteiger partial charge in [0.25, 0.3) is 0 Å². The van der Waals surface area contributed by atoms with Crippen LogP contribution < -0.4 is 0 Å². The molecule has 0 N–H and O–H groups in total. The van der Waals surface area contributed by atoms with Crippen molar-refractivity contribution in [1.82, 2.24) is 0 Å². The van der Waals surface area contributed by atoms with Gasteiger partial charge in [0.05, 0.1) is 28.0 Å². The minimum Gasteiger partial charge on any atom is -0.254 e. The van der Waals surface area contributed by atoms with Crippen molar-refractivity contribution in [2.45, 2.75) is 56.6 Å². The van der Waals surface area contributed by atoms with Gasteiger partial charge >= 0.3 is 0 Å². The standard InChI is InChI=1S/C18H25NOS/c1-4-18(2,3)15-11-10-14(13-19)17(12-15)21(20)16-8-6-5-7-9-16/h5-9,14-15,17H,4,10-12H2,1-3H3. The van der Waals surface area contributed by atoms with Gasteiger partial charge in [0.2, 0.25) is 0 Å². The number of hydrogen-bond donors (Lipinski definition) is 0. The largest absolute Gasteiger partial charge is 0.254 e. The van der Waals surface area contributed by atoms with Crippen molar-refractivity contribution < 1.29 is 4.21 Å². The van der Waals surface area contributed by atoms with Gasteiger partial charge in [-0.3, -0.25) is 4.21 Å². The summed E-state index contributed by atoms with van der Waals surface area (Å²) >= 11 is 0. The Morgan fingerprint density at radius 1 is 1.29 bits per heavy atom. The molecule has 0 aromatic heterocycles. The number of benzene rings is 1. The Labute approximate surface area is 131 Å². The summed E-state index contributed by atoms with van der Waals surface area (Å²) in [5.74, 6) is 0.486. The molecule has 1 aliphatic rings. The van der Waals surface area contributed by atoms with Gasteiger partial charge < -0.3 is 0 Å². The van der Waals surface area contributed by atoms with Gasteiger partial charge in [0.1, 0.15) is 0 Å². The molecule has 1 aromatic carbocycles. The summed E-state index contributed by atoms with van der Waals surface area (Å²) in [7, 11) is -1.08. The van der Waals surface area contributed by atoms with Crippen LogP contribution in [0.2, 0.25) is 0 Å². The van der Waals surface area contributed by atoms with E-state index in [2.05, 4.69) is 26.8 Å². The van der Waals surface area contributed by atoms with Gasteiger partial charge in [-0.05, 0) is 42.7 Å². The molecule has 2 rings (SSSR count). The van der Waals surface area contributed by atoms with Crippen LogP contribution >= 0.6 is 0 Å². The monoisotopic (exact) mass is 303 g/mol. The van der Waals surface area contributed by atoms with Gasteiger partial charge in [-0.1, -0.05) is 45.4 Å². The lowest BCUT2D eigenvalue weighted by Gasteiger charge is -2.41. The van der Waals surface area contributed by atoms with Gasteiger partial charge in [-0.25, -0.2) is 0 Å². The van der Waals surface area contributed by atoms with Crippen molar-refractivity contribution in [2.75, 3.05) is 0 Å². The van der Waals surface area contributed by atoms with Crippen LogP contribution in [0.3, 0.4) is 0 Å². The predicted octanol–water partition coefficient (Wildman–Crippen LogP) is 4.54. The van der Waals surface area contributed by atoms with E-state index in [0.29, 0.717) is 5.92 Å². The minimum atomic E-state index is -1.08. The number of rotatable bonds is 4. The van der Waals surface area contributed by atoms with Gasteiger partial charge in [-0.2, -0.15) is 5.26 Å². The first-order chi connectivity index (χ1) is 9.99. The molecule has 1 saturated carbocycles. The van der Waals surface area contributed by atoms with Crippen molar-refractivity contribution >= 4 is 10.8 Å². The third kappa shape index (κ3) is 3.55. The fraction of sp³-hybridized carbons (Fsp3) is 0.611. The maximum absolute atomic E-state index is 12.9. The molecule has 0 saturated heterocycles. The Hall–Kier alpha value is -1.14. The van der Waals surface area contributed by atoms with E-state index >= 15 is 0 Å². The summed E-state index contributed by atoms with van der Waals surface area (Å²) in [6, 6.07) is 12.0. The third-order valence-corrected chi connectivity index (χ3v) is 7.03. The number of nitrogens with zero attached hydrogens (tertiary/aromatic N) is 1. The molecule has 114 valence electrons. The second-order valence-corrected chi connectivity index (χ2v) is 8.41. The molecule has 21 heavy (non-hydrogen) atoms. The fourth-order valence-corrected chi connectivity index (χ4v) is 4.92. The lowest BCUT2D eigenvalue weighted by atomic mass is 9.67. The van der Waals surface area contributed by atoms with Crippen LogP contribution in [-0.4, -0.2) is 9.46 Å². The highest BCUT2D eigenvalue weighted by Crippen LogP contribution is 2.44. The highest BCUT2D eigenvalue weighted by atomic mass is 32.2. The minimum absolute atomic E-state index is 0.0259.